The van der Waals surface area contributed by atoms with Gasteiger partial charge in [0.05, 0.1) is 11.6 Å². The summed E-state index contributed by atoms with van der Waals surface area (Å²) < 4.78 is 19.7. The molecular weight excluding hydrogens is 460 g/mol. The van der Waals surface area contributed by atoms with Crippen LogP contribution in [0.25, 0.3) is 0 Å². The summed E-state index contributed by atoms with van der Waals surface area (Å²) in [7, 11) is -1.87. The van der Waals surface area contributed by atoms with E-state index in [1.807, 2.05) is 19.9 Å². The van der Waals surface area contributed by atoms with Crippen molar-refractivity contribution in [3.05, 3.63) is 63.6 Å². The molecule has 2 atom stereocenters. The molecular formula is C27H36N2O5Si. The summed E-state index contributed by atoms with van der Waals surface area (Å²) in [5.74, 6) is 0.0881. The number of esters is 1. The number of benzene rings is 1. The number of hydrogen-bond acceptors (Lipinski definition) is 6. The van der Waals surface area contributed by atoms with Gasteiger partial charge in [-0.3, -0.25) is 9.59 Å². The lowest BCUT2D eigenvalue weighted by Crippen LogP contribution is -2.54. The molecule has 0 N–H and O–H groups in total. The number of nitriles is 1. The minimum Gasteiger partial charge on any atom is -0.484 e. The Balaban J connectivity index is 1.98. The molecule has 2 aromatic rings. The van der Waals surface area contributed by atoms with Gasteiger partial charge < -0.3 is 18.5 Å². The Bertz CT molecular complexity index is 1200. The van der Waals surface area contributed by atoms with Crippen LogP contribution in [-0.2, 0) is 20.4 Å². The molecule has 1 aromatic heterocycles. The van der Waals surface area contributed by atoms with Crippen molar-refractivity contribution >= 4 is 14.3 Å². The maximum Gasteiger partial charge on any atom is 0.303 e. The fraction of sp³-hybridized carbons (Fsp3) is 0.519. The Labute approximate surface area is 208 Å². The Morgan fingerprint density at radius 1 is 1.23 bits per heavy atom. The molecule has 2 unspecified atom stereocenters. The predicted molar refractivity (Wildman–Crippen MR) is 137 cm³/mol. The van der Waals surface area contributed by atoms with E-state index in [9.17, 15) is 14.9 Å². The van der Waals surface area contributed by atoms with E-state index in [4.69, 9.17) is 13.9 Å². The van der Waals surface area contributed by atoms with E-state index in [0.717, 1.165) is 5.56 Å². The number of aromatic nitrogens is 1. The summed E-state index contributed by atoms with van der Waals surface area (Å²) in [6.45, 7) is 16.6. The maximum absolute atomic E-state index is 13.3. The van der Waals surface area contributed by atoms with E-state index in [1.54, 1.807) is 35.0 Å². The van der Waals surface area contributed by atoms with Gasteiger partial charge in [0.1, 0.15) is 17.4 Å². The molecule has 7 nitrogen and oxygen atoms in total. The average Bonchev–Trinajstić information content (AvgIpc) is 2.73. The second kappa shape index (κ2) is 9.63. The Kier molecular flexibility index (Phi) is 7.35. The topological polar surface area (TPSA) is 90.5 Å². The molecule has 0 spiro atoms. The highest BCUT2D eigenvalue weighted by molar-refractivity contribution is 6.74. The number of carbonyl (C=O) groups excluding carboxylic acids is 1. The van der Waals surface area contributed by atoms with Crippen molar-refractivity contribution in [1.29, 1.82) is 5.26 Å². The first-order valence-electron chi connectivity index (χ1n) is 11.9. The molecule has 3 rings (SSSR count). The van der Waals surface area contributed by atoms with Gasteiger partial charge in [0.25, 0.3) is 5.56 Å². The quantitative estimate of drug-likeness (QED) is 0.414. The minimum atomic E-state index is -1.87. The van der Waals surface area contributed by atoms with Gasteiger partial charge in [-0.15, -0.1) is 0 Å². The van der Waals surface area contributed by atoms with Crippen LogP contribution in [0.5, 0.6) is 5.75 Å². The zero-order valence-electron chi connectivity index (χ0n) is 22.0. The highest BCUT2D eigenvalue weighted by Gasteiger charge is 2.47. The predicted octanol–water partition coefficient (Wildman–Crippen LogP) is 4.98. The largest absolute Gasteiger partial charge is 0.484 e. The number of ether oxygens (including phenoxy) is 2. The molecule has 0 amide bonds. The molecule has 0 fully saturated rings. The fourth-order valence-corrected chi connectivity index (χ4v) is 5.11. The lowest BCUT2D eigenvalue weighted by atomic mass is 9.85. The van der Waals surface area contributed by atoms with Gasteiger partial charge in [-0.1, -0.05) is 20.8 Å². The summed E-state index contributed by atoms with van der Waals surface area (Å²) in [5.41, 5.74) is 0.832. The molecule has 0 aliphatic carbocycles. The van der Waals surface area contributed by atoms with Crippen molar-refractivity contribution < 1.29 is 18.7 Å². The second-order valence-electron chi connectivity index (χ2n) is 11.2. The molecule has 2 heterocycles. The van der Waals surface area contributed by atoms with Crippen LogP contribution >= 0.6 is 0 Å². The molecule has 1 aromatic carbocycles. The lowest BCUT2D eigenvalue weighted by molar-refractivity contribution is -0.163. The third-order valence-electron chi connectivity index (χ3n) is 7.07. The van der Waals surface area contributed by atoms with Gasteiger partial charge in [0.15, 0.2) is 14.4 Å². The SMILES string of the molecule is CC(=O)OC1C(n2ccc(CCO[Si](C)(C)C(C)(C)C)cc2=O)c2cc(C#N)ccc2OC1(C)C. The van der Waals surface area contributed by atoms with E-state index in [2.05, 4.69) is 39.9 Å². The average molecular weight is 497 g/mol. The monoisotopic (exact) mass is 496 g/mol. The molecule has 1 aliphatic rings. The first kappa shape index (κ1) is 26.7. The van der Waals surface area contributed by atoms with Crippen LogP contribution in [0.3, 0.4) is 0 Å². The number of hydrogen-bond donors (Lipinski definition) is 0. The molecule has 0 saturated heterocycles. The molecule has 188 valence electrons. The molecule has 0 radical (unpaired) electrons. The number of fused-ring (bicyclic) bond motifs is 1. The Morgan fingerprint density at radius 3 is 2.49 bits per heavy atom. The Morgan fingerprint density at radius 2 is 1.91 bits per heavy atom. The number of carbonyl (C=O) groups is 1. The van der Waals surface area contributed by atoms with Gasteiger partial charge in [-0.2, -0.15) is 5.26 Å². The van der Waals surface area contributed by atoms with Crippen molar-refractivity contribution in [2.24, 2.45) is 0 Å². The van der Waals surface area contributed by atoms with Crippen LogP contribution in [-0.4, -0.2) is 37.2 Å². The van der Waals surface area contributed by atoms with Gasteiger partial charge in [0.2, 0.25) is 0 Å². The van der Waals surface area contributed by atoms with Crippen LogP contribution in [0.15, 0.2) is 41.3 Å². The summed E-state index contributed by atoms with van der Waals surface area (Å²) in [6.07, 6.45) is 1.59. The van der Waals surface area contributed by atoms with Gasteiger partial charge in [0, 0.05) is 31.4 Å². The van der Waals surface area contributed by atoms with Crippen molar-refractivity contribution in [2.75, 3.05) is 6.61 Å². The standard InChI is InChI=1S/C27H36N2O5Si/c1-18(30)33-25-24(21-15-20(17-28)9-10-22(21)34-27(25,5)6)29-13-11-19(16-23(29)31)12-14-32-35(7,8)26(2,3)4/h9-11,13,15-16,24-25H,12,14H2,1-8H3. The summed E-state index contributed by atoms with van der Waals surface area (Å²) in [5, 5.41) is 9.56. The molecule has 35 heavy (non-hydrogen) atoms. The van der Waals surface area contributed by atoms with Crippen LogP contribution in [0.4, 0.5) is 0 Å². The minimum absolute atomic E-state index is 0.119. The van der Waals surface area contributed by atoms with Crippen molar-refractivity contribution in [3.8, 4) is 11.8 Å². The van der Waals surface area contributed by atoms with Crippen molar-refractivity contribution in [1.82, 2.24) is 4.57 Å². The van der Waals surface area contributed by atoms with Crippen LogP contribution < -0.4 is 10.3 Å². The third-order valence-corrected chi connectivity index (χ3v) is 11.6. The normalized spacial score (nSPS) is 19.3. The number of rotatable bonds is 6. The van der Waals surface area contributed by atoms with E-state index < -0.39 is 32.0 Å². The summed E-state index contributed by atoms with van der Waals surface area (Å²) in [4.78, 5) is 25.3. The molecule has 0 saturated carbocycles. The summed E-state index contributed by atoms with van der Waals surface area (Å²) in [6, 6.07) is 10.1. The first-order chi connectivity index (χ1) is 16.2. The highest BCUT2D eigenvalue weighted by atomic mass is 28.4. The van der Waals surface area contributed by atoms with Gasteiger partial charge in [-0.05, 0) is 68.2 Å². The smallest absolute Gasteiger partial charge is 0.303 e. The highest BCUT2D eigenvalue weighted by Crippen LogP contribution is 2.43. The first-order valence-corrected chi connectivity index (χ1v) is 14.8. The molecule has 0 bridgehead atoms. The van der Waals surface area contributed by atoms with E-state index in [0.29, 0.717) is 29.9 Å². The van der Waals surface area contributed by atoms with E-state index in [1.165, 1.54) is 6.92 Å². The third kappa shape index (κ3) is 5.68. The second-order valence-corrected chi connectivity index (χ2v) is 16.0. The molecule has 8 heteroatoms. The number of nitrogens with zero attached hydrogens (tertiary/aromatic N) is 2. The zero-order valence-corrected chi connectivity index (χ0v) is 23.0. The molecule has 1 aliphatic heterocycles. The maximum atomic E-state index is 13.3. The van der Waals surface area contributed by atoms with Crippen LogP contribution in [0.1, 0.15) is 64.3 Å². The lowest BCUT2D eigenvalue weighted by Gasteiger charge is -2.44. The Hall–Kier alpha value is -2.89. The van der Waals surface area contributed by atoms with Crippen molar-refractivity contribution in [3.63, 3.8) is 0 Å². The van der Waals surface area contributed by atoms with Crippen LogP contribution in [0.2, 0.25) is 18.1 Å². The van der Waals surface area contributed by atoms with Crippen molar-refractivity contribution in [2.45, 2.75) is 83.8 Å². The fourth-order valence-electron chi connectivity index (χ4n) is 4.06. The zero-order chi connectivity index (χ0) is 26.2. The summed E-state index contributed by atoms with van der Waals surface area (Å²) >= 11 is 0. The van der Waals surface area contributed by atoms with Gasteiger partial charge >= 0.3 is 5.97 Å². The van der Waals surface area contributed by atoms with Gasteiger partial charge in [-0.25, -0.2) is 0 Å². The van der Waals surface area contributed by atoms with E-state index in [-0.39, 0.29) is 10.6 Å². The van der Waals surface area contributed by atoms with Crippen LogP contribution in [0, 0.1) is 11.3 Å². The van der Waals surface area contributed by atoms with E-state index >= 15 is 0 Å². The number of pyridine rings is 1.